The lowest BCUT2D eigenvalue weighted by Gasteiger charge is -2.36. The Labute approximate surface area is 112 Å². The number of hydrogen-bond acceptors (Lipinski definition) is 5. The number of carbonyl (C=O) groups is 2. The molecular formula is C12H21N3O4. The van der Waals surface area contributed by atoms with Crippen molar-refractivity contribution in [2.75, 3.05) is 39.5 Å². The zero-order chi connectivity index (χ0) is 13.8. The second kappa shape index (κ2) is 6.31. The number of carbonyl (C=O) groups excluding carboxylic acids is 2. The molecule has 2 aliphatic heterocycles. The van der Waals surface area contributed by atoms with Gasteiger partial charge in [-0.25, -0.2) is 0 Å². The second-order valence-electron chi connectivity index (χ2n) is 4.82. The molecule has 19 heavy (non-hydrogen) atoms. The van der Waals surface area contributed by atoms with Crippen molar-refractivity contribution in [3.05, 3.63) is 0 Å². The highest BCUT2D eigenvalue weighted by atomic mass is 16.5. The van der Waals surface area contributed by atoms with Crippen LogP contribution in [0, 0.1) is 5.92 Å². The van der Waals surface area contributed by atoms with Crippen molar-refractivity contribution in [2.45, 2.75) is 19.0 Å². The lowest BCUT2D eigenvalue weighted by atomic mass is 10.0. The van der Waals surface area contributed by atoms with Crippen LogP contribution in [0.15, 0.2) is 0 Å². The lowest BCUT2D eigenvalue weighted by molar-refractivity contribution is -0.151. The van der Waals surface area contributed by atoms with Gasteiger partial charge in [0.05, 0.1) is 32.3 Å². The molecule has 2 saturated heterocycles. The topological polar surface area (TPSA) is 93.9 Å². The molecule has 3 N–H and O–H groups in total. The molecule has 0 bridgehead atoms. The fourth-order valence-corrected chi connectivity index (χ4v) is 2.41. The standard InChI is InChI=1S/C12H21N3O4/c1-2-14-11(16)10-7-18-4-3-15(10)12(17)8-5-19-6-9(8)13/h8-10H,2-7,13H2,1H3,(H,14,16). The minimum Gasteiger partial charge on any atom is -0.379 e. The maximum Gasteiger partial charge on any atom is 0.245 e. The Morgan fingerprint density at radius 3 is 2.74 bits per heavy atom. The maximum atomic E-state index is 12.5. The zero-order valence-electron chi connectivity index (χ0n) is 11.1. The van der Waals surface area contributed by atoms with E-state index in [2.05, 4.69) is 5.32 Å². The van der Waals surface area contributed by atoms with Crippen LogP contribution in [0.3, 0.4) is 0 Å². The normalized spacial score (nSPS) is 31.3. The molecule has 3 unspecified atom stereocenters. The van der Waals surface area contributed by atoms with Gasteiger partial charge in [0.15, 0.2) is 0 Å². The Morgan fingerprint density at radius 1 is 1.32 bits per heavy atom. The van der Waals surface area contributed by atoms with E-state index in [9.17, 15) is 9.59 Å². The van der Waals surface area contributed by atoms with E-state index in [0.717, 1.165) is 0 Å². The number of hydrogen-bond donors (Lipinski definition) is 2. The van der Waals surface area contributed by atoms with Crippen LogP contribution in [0.1, 0.15) is 6.92 Å². The number of rotatable bonds is 3. The van der Waals surface area contributed by atoms with Gasteiger partial charge in [-0.2, -0.15) is 0 Å². The summed E-state index contributed by atoms with van der Waals surface area (Å²) in [6.45, 7) is 4.21. The van der Waals surface area contributed by atoms with Crippen LogP contribution in [0.4, 0.5) is 0 Å². The van der Waals surface area contributed by atoms with Gasteiger partial charge in [-0.05, 0) is 6.92 Å². The third-order valence-corrected chi connectivity index (χ3v) is 3.51. The van der Waals surface area contributed by atoms with E-state index in [1.54, 1.807) is 4.90 Å². The van der Waals surface area contributed by atoms with E-state index < -0.39 is 6.04 Å². The van der Waals surface area contributed by atoms with Gasteiger partial charge in [0.2, 0.25) is 11.8 Å². The third kappa shape index (κ3) is 3.05. The monoisotopic (exact) mass is 271 g/mol. The van der Waals surface area contributed by atoms with Crippen molar-refractivity contribution in [2.24, 2.45) is 11.7 Å². The van der Waals surface area contributed by atoms with Gasteiger partial charge in [-0.15, -0.1) is 0 Å². The summed E-state index contributed by atoms with van der Waals surface area (Å²) in [6.07, 6.45) is 0. The lowest BCUT2D eigenvalue weighted by Crippen LogP contribution is -2.58. The van der Waals surface area contributed by atoms with E-state index in [1.807, 2.05) is 6.92 Å². The van der Waals surface area contributed by atoms with E-state index in [1.165, 1.54) is 0 Å². The molecule has 2 rings (SSSR count). The SMILES string of the molecule is CCNC(=O)C1COCCN1C(=O)C1COCC1N. The maximum absolute atomic E-state index is 12.5. The molecule has 3 atom stereocenters. The molecule has 7 nitrogen and oxygen atoms in total. The number of morpholine rings is 1. The minimum absolute atomic E-state index is 0.107. The Kier molecular flexibility index (Phi) is 4.73. The number of amides is 2. The minimum atomic E-state index is -0.561. The van der Waals surface area contributed by atoms with Crippen molar-refractivity contribution in [1.82, 2.24) is 10.2 Å². The first-order valence-corrected chi connectivity index (χ1v) is 6.64. The first kappa shape index (κ1) is 14.2. The number of nitrogens with one attached hydrogen (secondary N) is 1. The molecule has 2 heterocycles. The Balaban J connectivity index is 2.06. The molecule has 0 saturated carbocycles. The smallest absolute Gasteiger partial charge is 0.245 e. The van der Waals surface area contributed by atoms with E-state index in [4.69, 9.17) is 15.2 Å². The number of likely N-dealkylation sites (N-methyl/N-ethyl adjacent to an activating group) is 1. The molecule has 0 aromatic heterocycles. The first-order valence-electron chi connectivity index (χ1n) is 6.64. The summed E-state index contributed by atoms with van der Waals surface area (Å²) in [7, 11) is 0. The average molecular weight is 271 g/mol. The van der Waals surface area contributed by atoms with E-state index in [-0.39, 0.29) is 30.4 Å². The number of nitrogens with two attached hydrogens (primary N) is 1. The van der Waals surface area contributed by atoms with Crippen molar-refractivity contribution in [1.29, 1.82) is 0 Å². The highest BCUT2D eigenvalue weighted by molar-refractivity contribution is 5.89. The summed E-state index contributed by atoms with van der Waals surface area (Å²) >= 11 is 0. The van der Waals surface area contributed by atoms with Crippen LogP contribution in [0.25, 0.3) is 0 Å². The molecule has 2 amide bonds. The summed E-state index contributed by atoms with van der Waals surface area (Å²) in [5.74, 6) is -0.636. The highest BCUT2D eigenvalue weighted by Gasteiger charge is 2.40. The van der Waals surface area contributed by atoms with Gasteiger partial charge in [0, 0.05) is 19.1 Å². The summed E-state index contributed by atoms with van der Waals surface area (Å²) in [5, 5.41) is 2.73. The Morgan fingerprint density at radius 2 is 2.11 bits per heavy atom. The average Bonchev–Trinajstić information content (AvgIpc) is 2.84. The van der Waals surface area contributed by atoms with Gasteiger partial charge in [0.1, 0.15) is 6.04 Å². The van der Waals surface area contributed by atoms with Crippen LogP contribution in [0.2, 0.25) is 0 Å². The fourth-order valence-electron chi connectivity index (χ4n) is 2.41. The van der Waals surface area contributed by atoms with Gasteiger partial charge in [-0.3, -0.25) is 9.59 Å². The first-order chi connectivity index (χ1) is 9.15. The molecule has 2 aliphatic rings. The van der Waals surface area contributed by atoms with Crippen molar-refractivity contribution in [3.8, 4) is 0 Å². The van der Waals surface area contributed by atoms with Gasteiger partial charge < -0.3 is 25.4 Å². The van der Waals surface area contributed by atoms with Crippen LogP contribution < -0.4 is 11.1 Å². The predicted octanol–water partition coefficient (Wildman–Crippen LogP) is -1.68. The molecule has 108 valence electrons. The van der Waals surface area contributed by atoms with Gasteiger partial charge in [-0.1, -0.05) is 0 Å². The van der Waals surface area contributed by atoms with Crippen molar-refractivity contribution < 1.29 is 19.1 Å². The zero-order valence-corrected chi connectivity index (χ0v) is 11.1. The molecule has 0 aromatic carbocycles. The van der Waals surface area contributed by atoms with Crippen LogP contribution in [-0.4, -0.2) is 68.3 Å². The highest BCUT2D eigenvalue weighted by Crippen LogP contribution is 2.18. The summed E-state index contributed by atoms with van der Waals surface area (Å²) in [4.78, 5) is 26.0. The summed E-state index contributed by atoms with van der Waals surface area (Å²) < 4.78 is 10.5. The van der Waals surface area contributed by atoms with Crippen molar-refractivity contribution >= 4 is 11.8 Å². The molecule has 2 fully saturated rings. The Hall–Kier alpha value is -1.18. The summed E-state index contributed by atoms with van der Waals surface area (Å²) in [5.41, 5.74) is 5.86. The molecule has 0 aromatic rings. The number of nitrogens with zero attached hydrogens (tertiary/aromatic N) is 1. The van der Waals surface area contributed by atoms with Crippen LogP contribution in [-0.2, 0) is 19.1 Å². The largest absolute Gasteiger partial charge is 0.379 e. The number of ether oxygens (including phenoxy) is 2. The second-order valence-corrected chi connectivity index (χ2v) is 4.82. The van der Waals surface area contributed by atoms with Crippen LogP contribution >= 0.6 is 0 Å². The predicted molar refractivity (Wildman–Crippen MR) is 67.3 cm³/mol. The van der Waals surface area contributed by atoms with E-state index >= 15 is 0 Å². The molecule has 0 aliphatic carbocycles. The summed E-state index contributed by atoms with van der Waals surface area (Å²) in [6, 6.07) is -0.848. The Bertz CT molecular complexity index is 350. The molecule has 7 heteroatoms. The molecular weight excluding hydrogens is 250 g/mol. The van der Waals surface area contributed by atoms with Gasteiger partial charge in [0.25, 0.3) is 0 Å². The van der Waals surface area contributed by atoms with Crippen molar-refractivity contribution in [3.63, 3.8) is 0 Å². The molecule has 0 spiro atoms. The quantitative estimate of drug-likeness (QED) is 0.640. The third-order valence-electron chi connectivity index (χ3n) is 3.51. The van der Waals surface area contributed by atoms with Crippen LogP contribution in [0.5, 0.6) is 0 Å². The van der Waals surface area contributed by atoms with Gasteiger partial charge >= 0.3 is 0 Å². The van der Waals surface area contributed by atoms with E-state index in [0.29, 0.717) is 32.9 Å². The molecule has 0 radical (unpaired) electrons. The fraction of sp³-hybridized carbons (Fsp3) is 0.833.